The predicted octanol–water partition coefficient (Wildman–Crippen LogP) is 2.18. The Morgan fingerprint density at radius 1 is 1.18 bits per heavy atom. The number of nitrogens with zero attached hydrogens (tertiary/aromatic N) is 1. The maximum Gasteiger partial charge on any atom is 0.471 e. The first-order chi connectivity index (χ1) is 17.7. The summed E-state index contributed by atoms with van der Waals surface area (Å²) in [5.41, 5.74) is -2.21. The normalized spacial score (nSPS) is 20.7. The molecule has 4 amide bonds. The Labute approximate surface area is 226 Å². The third-order valence-corrected chi connectivity index (χ3v) is 5.94. The van der Waals surface area contributed by atoms with Crippen molar-refractivity contribution in [1.29, 1.82) is 5.26 Å². The number of halogens is 4. The van der Waals surface area contributed by atoms with Gasteiger partial charge in [0.15, 0.2) is 0 Å². The summed E-state index contributed by atoms with van der Waals surface area (Å²) in [6.45, 7) is 9.59. The molecule has 14 heteroatoms. The molecular formula is C25H39F4N5O5. The van der Waals surface area contributed by atoms with Crippen molar-refractivity contribution < 1.29 is 41.5 Å². The predicted molar refractivity (Wildman–Crippen MR) is 133 cm³/mol. The van der Waals surface area contributed by atoms with Crippen LogP contribution >= 0.6 is 0 Å². The lowest BCUT2D eigenvalue weighted by molar-refractivity contribution is -0.173. The second-order valence-electron chi connectivity index (χ2n) is 11.5. The molecule has 222 valence electrons. The lowest BCUT2D eigenvalue weighted by Crippen LogP contribution is -2.51. The monoisotopic (exact) mass is 565 g/mol. The number of carbonyl (C=O) groups excluding carboxylic acids is 4. The van der Waals surface area contributed by atoms with Gasteiger partial charge in [-0.15, -0.1) is 0 Å². The highest BCUT2D eigenvalue weighted by Crippen LogP contribution is 2.43. The maximum atomic E-state index is 14.4. The summed E-state index contributed by atoms with van der Waals surface area (Å²) in [5, 5.41) is 19.0. The summed E-state index contributed by atoms with van der Waals surface area (Å²) in [4.78, 5) is 46.8. The summed E-state index contributed by atoms with van der Waals surface area (Å²) in [6.07, 6.45) is -3.43. The van der Waals surface area contributed by atoms with Gasteiger partial charge in [-0.25, -0.2) is 4.39 Å². The number of nitriles is 1. The number of hydrogen-bond donors (Lipinski definition) is 4. The van der Waals surface area contributed by atoms with E-state index in [2.05, 4.69) is 16.0 Å². The van der Waals surface area contributed by atoms with Gasteiger partial charge in [0.05, 0.1) is 24.7 Å². The molecule has 4 N–H and O–H groups in total. The number of rotatable bonds is 10. The highest BCUT2D eigenvalue weighted by molar-refractivity contribution is 5.88. The standard InChI is InChI=1S/C22H35FN4O4.C3H4F3NO/c1-20(2,3)31-9-6-17(28)26-16(12-22(23)7-8-22)19(30)25-15(13-24)10-14-11-21(4,5)27-18(14)29;1-7-2(8)3(4,5)6/h14-16H,6-12H2,1-5H3,(H,25,30)(H,26,28)(H,27,29);1H3,(H,7,8). The van der Waals surface area contributed by atoms with Crippen LogP contribution in [0.2, 0.25) is 0 Å². The van der Waals surface area contributed by atoms with Crippen molar-refractivity contribution >= 4 is 23.6 Å². The van der Waals surface area contributed by atoms with E-state index in [4.69, 9.17) is 4.74 Å². The van der Waals surface area contributed by atoms with Crippen LogP contribution in [0.25, 0.3) is 0 Å². The highest BCUT2D eigenvalue weighted by Gasteiger charge is 2.47. The largest absolute Gasteiger partial charge is 0.471 e. The minimum atomic E-state index is -4.74. The molecule has 1 saturated heterocycles. The molecule has 10 nitrogen and oxygen atoms in total. The first-order valence-corrected chi connectivity index (χ1v) is 12.6. The van der Waals surface area contributed by atoms with Crippen molar-refractivity contribution in [1.82, 2.24) is 21.3 Å². The highest BCUT2D eigenvalue weighted by atomic mass is 19.4. The Morgan fingerprint density at radius 3 is 2.15 bits per heavy atom. The zero-order chi connectivity index (χ0) is 30.2. The van der Waals surface area contributed by atoms with Crippen molar-refractivity contribution in [2.75, 3.05) is 13.7 Å². The van der Waals surface area contributed by atoms with Crippen molar-refractivity contribution in [2.24, 2.45) is 5.92 Å². The Bertz CT molecular complexity index is 939. The van der Waals surface area contributed by atoms with E-state index < -0.39 is 53.2 Å². The van der Waals surface area contributed by atoms with Crippen molar-refractivity contribution in [3.8, 4) is 6.07 Å². The van der Waals surface area contributed by atoms with Crippen LogP contribution in [0.3, 0.4) is 0 Å². The van der Waals surface area contributed by atoms with Gasteiger partial charge in [-0.2, -0.15) is 18.4 Å². The quantitative estimate of drug-likeness (QED) is 0.298. The minimum Gasteiger partial charge on any atom is -0.375 e. The van der Waals surface area contributed by atoms with Crippen molar-refractivity contribution in [3.63, 3.8) is 0 Å². The number of hydrogen-bond acceptors (Lipinski definition) is 6. The molecule has 0 radical (unpaired) electrons. The summed E-state index contributed by atoms with van der Waals surface area (Å²) < 4.78 is 53.0. The Morgan fingerprint density at radius 2 is 1.77 bits per heavy atom. The topological polar surface area (TPSA) is 149 Å². The second-order valence-corrected chi connectivity index (χ2v) is 11.5. The third-order valence-electron chi connectivity index (χ3n) is 5.94. The molecule has 39 heavy (non-hydrogen) atoms. The van der Waals surface area contributed by atoms with E-state index in [1.54, 1.807) is 0 Å². The molecule has 0 aromatic heterocycles. The van der Waals surface area contributed by atoms with E-state index in [9.17, 15) is 42.0 Å². The molecule has 3 unspecified atom stereocenters. The number of carbonyl (C=O) groups is 4. The summed E-state index contributed by atoms with van der Waals surface area (Å²) in [6, 6.07) is 0.0161. The molecule has 1 heterocycles. The summed E-state index contributed by atoms with van der Waals surface area (Å²) >= 11 is 0. The van der Waals surface area contributed by atoms with Gasteiger partial charge in [0.1, 0.15) is 17.8 Å². The van der Waals surface area contributed by atoms with Crippen LogP contribution in [0.4, 0.5) is 17.6 Å². The van der Waals surface area contributed by atoms with Crippen LogP contribution in [0.5, 0.6) is 0 Å². The first kappa shape index (κ1) is 34.1. The lowest BCUT2D eigenvalue weighted by atomic mass is 9.92. The Kier molecular flexibility index (Phi) is 11.7. The Balaban J connectivity index is 0.000000824. The summed E-state index contributed by atoms with van der Waals surface area (Å²) in [5.74, 6) is -3.49. The van der Waals surface area contributed by atoms with Crippen LogP contribution in [-0.4, -0.2) is 72.4 Å². The van der Waals surface area contributed by atoms with E-state index >= 15 is 0 Å². The zero-order valence-electron chi connectivity index (χ0n) is 23.2. The second kappa shape index (κ2) is 13.4. The lowest BCUT2D eigenvalue weighted by Gasteiger charge is -2.23. The number of nitrogens with one attached hydrogen (secondary N) is 4. The first-order valence-electron chi connectivity index (χ1n) is 12.6. The van der Waals surface area contributed by atoms with Crippen molar-refractivity contribution in [2.45, 2.75) is 108 Å². The van der Waals surface area contributed by atoms with Crippen LogP contribution in [0.1, 0.15) is 73.1 Å². The van der Waals surface area contributed by atoms with E-state index in [0.717, 1.165) is 7.05 Å². The molecule has 2 rings (SSSR count). The van der Waals surface area contributed by atoms with E-state index in [0.29, 0.717) is 19.3 Å². The molecule has 0 spiro atoms. The average Bonchev–Trinajstić information content (AvgIpc) is 3.44. The molecule has 0 aromatic rings. The van der Waals surface area contributed by atoms with Gasteiger partial charge in [0.2, 0.25) is 17.7 Å². The molecule has 1 saturated carbocycles. The van der Waals surface area contributed by atoms with Crippen LogP contribution in [-0.2, 0) is 23.9 Å². The maximum absolute atomic E-state index is 14.4. The van der Waals surface area contributed by atoms with Gasteiger partial charge < -0.3 is 26.0 Å². The Hall–Kier alpha value is -2.95. The zero-order valence-corrected chi connectivity index (χ0v) is 23.2. The fourth-order valence-corrected chi connectivity index (χ4v) is 3.86. The SMILES string of the molecule is CC1(C)CC(CC(C#N)NC(=O)C(CC2(F)CC2)NC(=O)CCOC(C)(C)C)C(=O)N1.CNC(=O)C(F)(F)F. The molecule has 3 atom stereocenters. The van der Waals surface area contributed by atoms with Crippen LogP contribution < -0.4 is 21.3 Å². The third kappa shape index (κ3) is 13.1. The molecule has 1 aliphatic carbocycles. The molecule has 2 aliphatic rings. The van der Waals surface area contributed by atoms with Gasteiger partial charge in [-0.1, -0.05) is 0 Å². The van der Waals surface area contributed by atoms with E-state index in [1.807, 2.05) is 40.7 Å². The van der Waals surface area contributed by atoms with Gasteiger partial charge in [-0.05, 0) is 60.3 Å². The van der Waals surface area contributed by atoms with Gasteiger partial charge in [-0.3, -0.25) is 19.2 Å². The van der Waals surface area contributed by atoms with Crippen LogP contribution in [0.15, 0.2) is 0 Å². The van der Waals surface area contributed by atoms with Crippen LogP contribution in [0, 0.1) is 17.2 Å². The number of alkyl halides is 4. The van der Waals surface area contributed by atoms with Gasteiger partial charge in [0, 0.05) is 24.9 Å². The fourth-order valence-electron chi connectivity index (χ4n) is 3.86. The number of ether oxygens (including phenoxy) is 1. The molecule has 0 bridgehead atoms. The van der Waals surface area contributed by atoms with Gasteiger partial charge >= 0.3 is 12.1 Å². The smallest absolute Gasteiger partial charge is 0.375 e. The number of amides is 4. The van der Waals surface area contributed by atoms with E-state index in [-0.39, 0.29) is 37.3 Å². The summed E-state index contributed by atoms with van der Waals surface area (Å²) in [7, 11) is 0.926. The minimum absolute atomic E-state index is 0.0410. The molecule has 0 aromatic carbocycles. The molecule has 1 aliphatic heterocycles. The van der Waals surface area contributed by atoms with Gasteiger partial charge in [0.25, 0.3) is 0 Å². The fraction of sp³-hybridized carbons (Fsp3) is 0.800. The molecular weight excluding hydrogens is 526 g/mol. The van der Waals surface area contributed by atoms with Crippen molar-refractivity contribution in [3.05, 3.63) is 0 Å². The molecule has 2 fully saturated rings. The van der Waals surface area contributed by atoms with E-state index in [1.165, 1.54) is 5.32 Å². The average molecular weight is 566 g/mol.